The lowest BCUT2D eigenvalue weighted by molar-refractivity contribution is 0.240. The highest BCUT2D eigenvalue weighted by Gasteiger charge is 2.23. The molecule has 1 aromatic rings. The van der Waals surface area contributed by atoms with E-state index >= 15 is 0 Å². The molecular formula is C17H24N2OS. The van der Waals surface area contributed by atoms with Crippen molar-refractivity contribution in [3.63, 3.8) is 0 Å². The number of nitriles is 1. The summed E-state index contributed by atoms with van der Waals surface area (Å²) in [6, 6.07) is 9.59. The van der Waals surface area contributed by atoms with Gasteiger partial charge in [-0.05, 0) is 31.5 Å². The lowest BCUT2D eigenvalue weighted by Crippen LogP contribution is -2.29. The summed E-state index contributed by atoms with van der Waals surface area (Å²) >= 11 is 2.08. The van der Waals surface area contributed by atoms with Crippen LogP contribution in [0.25, 0.3) is 0 Å². The maximum Gasteiger partial charge on any atom is 0.137 e. The lowest BCUT2D eigenvalue weighted by atomic mass is 10.1. The van der Waals surface area contributed by atoms with Crippen LogP contribution < -0.4 is 4.74 Å². The number of rotatable bonds is 5. The Balaban J connectivity index is 1.71. The fourth-order valence-corrected chi connectivity index (χ4v) is 3.58. The van der Waals surface area contributed by atoms with Gasteiger partial charge in [-0.3, -0.25) is 0 Å². The first-order chi connectivity index (χ1) is 10.1. The molecule has 0 atom stereocenters. The second-order valence-electron chi connectivity index (χ2n) is 6.01. The molecule has 1 aliphatic rings. The van der Waals surface area contributed by atoms with Gasteiger partial charge < -0.3 is 9.64 Å². The van der Waals surface area contributed by atoms with Crippen molar-refractivity contribution in [2.75, 3.05) is 32.0 Å². The smallest absolute Gasteiger partial charge is 0.137 e. The zero-order chi connectivity index (χ0) is 15.1. The predicted molar refractivity (Wildman–Crippen MR) is 88.9 cm³/mol. The van der Waals surface area contributed by atoms with Gasteiger partial charge in [-0.15, -0.1) is 0 Å². The summed E-state index contributed by atoms with van der Waals surface area (Å²) < 4.78 is 6.15. The van der Waals surface area contributed by atoms with Gasteiger partial charge in [-0.2, -0.15) is 17.0 Å². The number of para-hydroxylation sites is 1. The van der Waals surface area contributed by atoms with E-state index in [-0.39, 0.29) is 0 Å². The molecule has 0 aliphatic carbocycles. The van der Waals surface area contributed by atoms with Crippen LogP contribution in [-0.4, -0.2) is 41.6 Å². The third-order valence-corrected chi connectivity index (χ3v) is 5.19. The summed E-state index contributed by atoms with van der Waals surface area (Å²) in [6.07, 6.45) is 2.25. The topological polar surface area (TPSA) is 36.3 Å². The van der Waals surface area contributed by atoms with Gasteiger partial charge in [0.15, 0.2) is 0 Å². The van der Waals surface area contributed by atoms with Gasteiger partial charge in [0, 0.05) is 23.6 Å². The zero-order valence-corrected chi connectivity index (χ0v) is 13.8. The number of nitrogens with zero attached hydrogens (tertiary/aromatic N) is 2. The molecule has 0 unspecified atom stereocenters. The highest BCUT2D eigenvalue weighted by molar-refractivity contribution is 8.00. The molecule has 0 aromatic heterocycles. The summed E-state index contributed by atoms with van der Waals surface area (Å²) in [5.41, 5.74) is 0.616. The first-order valence-electron chi connectivity index (χ1n) is 7.59. The second kappa shape index (κ2) is 7.72. The number of thioether (sulfide) groups is 1. The molecule has 114 valence electrons. The van der Waals surface area contributed by atoms with Crippen LogP contribution in [0.5, 0.6) is 5.75 Å². The molecule has 0 bridgehead atoms. The molecule has 0 spiro atoms. The minimum absolute atomic E-state index is 0.414. The van der Waals surface area contributed by atoms with E-state index < -0.39 is 0 Å². The van der Waals surface area contributed by atoms with Gasteiger partial charge in [0.2, 0.25) is 0 Å². The Hall–Kier alpha value is -1.18. The summed E-state index contributed by atoms with van der Waals surface area (Å²) in [4.78, 5) is 2.53. The normalized spacial score (nSPS) is 18.7. The van der Waals surface area contributed by atoms with Crippen molar-refractivity contribution in [1.82, 2.24) is 4.90 Å². The van der Waals surface area contributed by atoms with Crippen molar-refractivity contribution in [3.8, 4) is 11.8 Å². The van der Waals surface area contributed by atoms with Gasteiger partial charge in [-0.1, -0.05) is 26.0 Å². The first-order valence-corrected chi connectivity index (χ1v) is 8.57. The van der Waals surface area contributed by atoms with Crippen LogP contribution in [0, 0.1) is 11.3 Å². The van der Waals surface area contributed by atoms with Crippen molar-refractivity contribution in [2.24, 2.45) is 0 Å². The average molecular weight is 304 g/mol. The third-order valence-electron chi connectivity index (χ3n) is 3.81. The maximum atomic E-state index is 9.02. The van der Waals surface area contributed by atoms with E-state index in [2.05, 4.69) is 36.6 Å². The molecule has 0 amide bonds. The molecular weight excluding hydrogens is 280 g/mol. The molecule has 1 aliphatic heterocycles. The summed E-state index contributed by atoms with van der Waals surface area (Å²) in [5, 5.41) is 9.02. The van der Waals surface area contributed by atoms with Crippen molar-refractivity contribution < 1.29 is 4.74 Å². The Bertz CT molecular complexity index is 496. The fourth-order valence-electron chi connectivity index (χ4n) is 2.44. The van der Waals surface area contributed by atoms with Gasteiger partial charge in [0.05, 0.1) is 12.2 Å². The Labute approximate surface area is 132 Å². The average Bonchev–Trinajstić information content (AvgIpc) is 2.65. The van der Waals surface area contributed by atoms with Gasteiger partial charge in [0.25, 0.3) is 0 Å². The van der Waals surface area contributed by atoms with Gasteiger partial charge >= 0.3 is 0 Å². The number of hydrogen-bond donors (Lipinski definition) is 0. The molecule has 0 N–H and O–H groups in total. The molecule has 1 heterocycles. The highest BCUT2D eigenvalue weighted by Crippen LogP contribution is 2.30. The van der Waals surface area contributed by atoms with Crippen molar-refractivity contribution >= 4 is 11.8 Å². The van der Waals surface area contributed by atoms with Crippen LogP contribution in [0.3, 0.4) is 0 Å². The molecule has 21 heavy (non-hydrogen) atoms. The molecule has 1 aromatic carbocycles. The minimum Gasteiger partial charge on any atom is -0.492 e. The summed E-state index contributed by atoms with van der Waals surface area (Å²) in [7, 11) is 0. The van der Waals surface area contributed by atoms with E-state index in [0.29, 0.717) is 22.7 Å². The van der Waals surface area contributed by atoms with Crippen LogP contribution in [0.15, 0.2) is 24.3 Å². The highest BCUT2D eigenvalue weighted by atomic mass is 32.2. The zero-order valence-electron chi connectivity index (χ0n) is 13.0. The SMILES string of the molecule is CC1(C)CCN(CCCOc2ccccc2C#N)CCS1. The molecule has 3 nitrogen and oxygen atoms in total. The Morgan fingerprint density at radius 2 is 2.14 bits per heavy atom. The Kier molecular flexibility index (Phi) is 5.96. The molecule has 0 radical (unpaired) electrons. The number of hydrogen-bond acceptors (Lipinski definition) is 4. The van der Waals surface area contributed by atoms with E-state index in [1.807, 2.05) is 18.2 Å². The quantitative estimate of drug-likeness (QED) is 0.780. The largest absolute Gasteiger partial charge is 0.492 e. The van der Waals surface area contributed by atoms with Gasteiger partial charge in [0.1, 0.15) is 11.8 Å². The first kappa shape index (κ1) is 16.2. The third kappa shape index (κ3) is 5.26. The van der Waals surface area contributed by atoms with E-state index in [4.69, 9.17) is 10.00 Å². The molecule has 4 heteroatoms. The Morgan fingerprint density at radius 3 is 2.95 bits per heavy atom. The fraction of sp³-hybridized carbons (Fsp3) is 0.588. The summed E-state index contributed by atoms with van der Waals surface area (Å²) in [5.74, 6) is 1.91. The van der Waals surface area contributed by atoms with Crippen LogP contribution in [-0.2, 0) is 0 Å². The molecule has 0 saturated carbocycles. The van der Waals surface area contributed by atoms with E-state index in [1.165, 1.54) is 25.3 Å². The van der Waals surface area contributed by atoms with Gasteiger partial charge in [-0.25, -0.2) is 0 Å². The van der Waals surface area contributed by atoms with Crippen molar-refractivity contribution in [1.29, 1.82) is 5.26 Å². The van der Waals surface area contributed by atoms with Crippen molar-refractivity contribution in [3.05, 3.63) is 29.8 Å². The van der Waals surface area contributed by atoms with E-state index in [9.17, 15) is 0 Å². The van der Waals surface area contributed by atoms with Crippen molar-refractivity contribution in [2.45, 2.75) is 31.4 Å². The summed E-state index contributed by atoms with van der Waals surface area (Å²) in [6.45, 7) is 8.76. The predicted octanol–water partition coefficient (Wildman–Crippen LogP) is 3.54. The second-order valence-corrected chi connectivity index (χ2v) is 7.81. The molecule has 1 saturated heterocycles. The lowest BCUT2D eigenvalue weighted by Gasteiger charge is -2.22. The van der Waals surface area contributed by atoms with Crippen LogP contribution in [0.4, 0.5) is 0 Å². The van der Waals surface area contributed by atoms with E-state index in [0.717, 1.165) is 13.0 Å². The number of benzene rings is 1. The van der Waals surface area contributed by atoms with Crippen LogP contribution in [0.1, 0.15) is 32.3 Å². The standard InChI is InChI=1S/C17H24N2OS/c1-17(2)8-10-19(11-13-21-17)9-5-12-20-16-7-4-3-6-15(16)14-18/h3-4,6-7H,5,8-13H2,1-2H3. The number of ether oxygens (including phenoxy) is 1. The Morgan fingerprint density at radius 1 is 1.33 bits per heavy atom. The minimum atomic E-state index is 0.414. The van der Waals surface area contributed by atoms with Crippen LogP contribution >= 0.6 is 11.8 Å². The van der Waals surface area contributed by atoms with E-state index in [1.54, 1.807) is 6.07 Å². The molecule has 1 fully saturated rings. The maximum absolute atomic E-state index is 9.02. The molecule has 2 rings (SSSR count). The monoisotopic (exact) mass is 304 g/mol. The van der Waals surface area contributed by atoms with Crippen LogP contribution in [0.2, 0.25) is 0 Å².